The molecule has 1 amide bonds. The molecule has 0 heterocycles. The van der Waals surface area contributed by atoms with E-state index in [9.17, 15) is 9.59 Å². The van der Waals surface area contributed by atoms with Crippen molar-refractivity contribution in [1.29, 1.82) is 0 Å². The van der Waals surface area contributed by atoms with E-state index in [1.54, 1.807) is 26.3 Å². The second-order valence-electron chi connectivity index (χ2n) is 6.35. The molecule has 0 aliphatic heterocycles. The van der Waals surface area contributed by atoms with Crippen molar-refractivity contribution >= 4 is 11.9 Å². The third kappa shape index (κ3) is 6.14. The van der Waals surface area contributed by atoms with Crippen LogP contribution in [0, 0.1) is 0 Å². The van der Waals surface area contributed by atoms with Crippen LogP contribution in [0.15, 0.2) is 42.5 Å². The number of para-hydroxylation sites is 1. The number of ether oxygens (including phenoxy) is 4. The van der Waals surface area contributed by atoms with Crippen LogP contribution >= 0.6 is 0 Å². The molecule has 2 aromatic rings. The van der Waals surface area contributed by atoms with E-state index in [0.29, 0.717) is 30.4 Å². The molecule has 0 unspecified atom stereocenters. The summed E-state index contributed by atoms with van der Waals surface area (Å²) in [7, 11) is 4.72. The van der Waals surface area contributed by atoms with Crippen molar-refractivity contribution in [3.05, 3.63) is 53.6 Å². The Kier molecular flexibility index (Phi) is 8.33. The number of nitrogens with zero attached hydrogens (tertiary/aromatic N) is 1. The van der Waals surface area contributed by atoms with E-state index in [-0.39, 0.29) is 18.1 Å². The highest BCUT2D eigenvalue weighted by Gasteiger charge is 2.17. The number of likely N-dealkylation sites (N-methyl/N-ethyl adjacent to an activating group) is 1. The Morgan fingerprint density at radius 2 is 1.69 bits per heavy atom. The van der Waals surface area contributed by atoms with Gasteiger partial charge in [-0.1, -0.05) is 25.1 Å². The zero-order chi connectivity index (χ0) is 21.2. The lowest BCUT2D eigenvalue weighted by atomic mass is 10.2. The van der Waals surface area contributed by atoms with Crippen molar-refractivity contribution in [2.45, 2.75) is 19.9 Å². The Balaban J connectivity index is 1.94. The molecule has 0 spiro atoms. The number of hydrogen-bond donors (Lipinski definition) is 0. The predicted molar refractivity (Wildman–Crippen MR) is 109 cm³/mol. The van der Waals surface area contributed by atoms with Crippen LogP contribution in [0.3, 0.4) is 0 Å². The standard InChI is InChI=1S/C22H27NO6/c1-5-12-28-19-11-10-16(13-20(19)27-4)22(25)29-15-21(24)23(2)14-17-8-6-7-9-18(17)26-3/h6-11,13H,5,12,14-15H2,1-4H3. The van der Waals surface area contributed by atoms with Gasteiger partial charge in [-0.3, -0.25) is 4.79 Å². The number of hydrogen-bond acceptors (Lipinski definition) is 6. The van der Waals surface area contributed by atoms with Gasteiger partial charge in [-0.15, -0.1) is 0 Å². The van der Waals surface area contributed by atoms with Gasteiger partial charge in [-0.05, 0) is 30.7 Å². The van der Waals surface area contributed by atoms with E-state index in [2.05, 4.69) is 0 Å². The SMILES string of the molecule is CCCOc1ccc(C(=O)OCC(=O)N(C)Cc2ccccc2OC)cc1OC. The number of esters is 1. The van der Waals surface area contributed by atoms with Crippen molar-refractivity contribution in [2.75, 3.05) is 34.5 Å². The molecule has 0 N–H and O–H groups in total. The maximum Gasteiger partial charge on any atom is 0.338 e. The quantitative estimate of drug-likeness (QED) is 0.569. The van der Waals surface area contributed by atoms with Gasteiger partial charge >= 0.3 is 5.97 Å². The van der Waals surface area contributed by atoms with Crippen LogP contribution in [0.4, 0.5) is 0 Å². The minimum absolute atomic E-state index is 0.283. The summed E-state index contributed by atoms with van der Waals surface area (Å²) >= 11 is 0. The molecule has 7 nitrogen and oxygen atoms in total. The van der Waals surface area contributed by atoms with E-state index in [0.717, 1.165) is 12.0 Å². The summed E-state index contributed by atoms with van der Waals surface area (Å²) in [5.74, 6) is 0.760. The van der Waals surface area contributed by atoms with Crippen LogP contribution in [-0.4, -0.2) is 51.3 Å². The molecule has 0 aliphatic rings. The van der Waals surface area contributed by atoms with Crippen molar-refractivity contribution < 1.29 is 28.5 Å². The summed E-state index contributed by atoms with van der Waals surface area (Å²) in [5.41, 5.74) is 1.15. The number of carbonyl (C=O) groups excluding carboxylic acids is 2. The minimum Gasteiger partial charge on any atom is -0.496 e. The third-order valence-electron chi connectivity index (χ3n) is 4.21. The van der Waals surface area contributed by atoms with Gasteiger partial charge < -0.3 is 23.8 Å². The van der Waals surface area contributed by atoms with Gasteiger partial charge in [0.15, 0.2) is 18.1 Å². The smallest absolute Gasteiger partial charge is 0.338 e. The monoisotopic (exact) mass is 401 g/mol. The van der Waals surface area contributed by atoms with Crippen molar-refractivity contribution in [1.82, 2.24) is 4.90 Å². The minimum atomic E-state index is -0.607. The number of carbonyl (C=O) groups is 2. The van der Waals surface area contributed by atoms with Gasteiger partial charge in [-0.2, -0.15) is 0 Å². The lowest BCUT2D eigenvalue weighted by molar-refractivity contribution is -0.133. The maximum absolute atomic E-state index is 12.3. The maximum atomic E-state index is 12.3. The lowest BCUT2D eigenvalue weighted by Gasteiger charge is -2.19. The highest BCUT2D eigenvalue weighted by molar-refractivity contribution is 5.92. The lowest BCUT2D eigenvalue weighted by Crippen LogP contribution is -2.31. The summed E-state index contributed by atoms with van der Waals surface area (Å²) in [5, 5.41) is 0. The Bertz CT molecular complexity index is 836. The fourth-order valence-electron chi connectivity index (χ4n) is 2.62. The summed E-state index contributed by atoms with van der Waals surface area (Å²) in [6.07, 6.45) is 0.859. The molecule has 0 aliphatic carbocycles. The van der Waals surface area contributed by atoms with Crippen LogP contribution in [0.25, 0.3) is 0 Å². The van der Waals surface area contributed by atoms with E-state index in [1.807, 2.05) is 31.2 Å². The van der Waals surface area contributed by atoms with Crippen LogP contribution in [0.5, 0.6) is 17.2 Å². The Morgan fingerprint density at radius 1 is 0.966 bits per heavy atom. The molecule has 2 aromatic carbocycles. The Hall–Kier alpha value is -3.22. The molecule has 156 valence electrons. The van der Waals surface area contributed by atoms with Crippen molar-refractivity contribution in [3.63, 3.8) is 0 Å². The van der Waals surface area contributed by atoms with E-state index < -0.39 is 5.97 Å². The van der Waals surface area contributed by atoms with Crippen molar-refractivity contribution in [3.8, 4) is 17.2 Å². The van der Waals surface area contributed by atoms with Gasteiger partial charge in [0.05, 0.1) is 26.4 Å². The van der Waals surface area contributed by atoms with Crippen molar-refractivity contribution in [2.24, 2.45) is 0 Å². The molecular weight excluding hydrogens is 374 g/mol. The molecule has 0 aromatic heterocycles. The number of benzene rings is 2. The Morgan fingerprint density at radius 3 is 2.38 bits per heavy atom. The fraction of sp³-hybridized carbons (Fsp3) is 0.364. The third-order valence-corrected chi connectivity index (χ3v) is 4.21. The van der Waals surface area contributed by atoms with Crippen LogP contribution in [0.1, 0.15) is 29.3 Å². The van der Waals surface area contributed by atoms with Crippen LogP contribution in [-0.2, 0) is 16.1 Å². The van der Waals surface area contributed by atoms with E-state index >= 15 is 0 Å². The average Bonchev–Trinajstić information content (AvgIpc) is 2.75. The number of rotatable bonds is 10. The highest BCUT2D eigenvalue weighted by Crippen LogP contribution is 2.28. The number of amides is 1. The van der Waals surface area contributed by atoms with Gasteiger partial charge in [0.25, 0.3) is 5.91 Å². The van der Waals surface area contributed by atoms with Gasteiger partial charge in [0, 0.05) is 19.2 Å². The molecule has 0 saturated carbocycles. The molecule has 0 saturated heterocycles. The summed E-state index contributed by atoms with van der Waals surface area (Å²) in [6, 6.07) is 12.2. The summed E-state index contributed by atoms with van der Waals surface area (Å²) in [6.45, 7) is 2.53. The molecular formula is C22H27NO6. The largest absolute Gasteiger partial charge is 0.496 e. The molecule has 29 heavy (non-hydrogen) atoms. The second-order valence-corrected chi connectivity index (χ2v) is 6.35. The number of methoxy groups -OCH3 is 2. The second kappa shape index (κ2) is 10.9. The zero-order valence-electron chi connectivity index (χ0n) is 17.3. The molecule has 0 radical (unpaired) electrons. The Labute approximate surface area is 171 Å². The predicted octanol–water partition coefficient (Wildman–Crippen LogP) is 3.31. The van der Waals surface area contributed by atoms with E-state index in [4.69, 9.17) is 18.9 Å². The highest BCUT2D eigenvalue weighted by atomic mass is 16.5. The van der Waals surface area contributed by atoms with Gasteiger partial charge in [0.1, 0.15) is 5.75 Å². The van der Waals surface area contributed by atoms with E-state index in [1.165, 1.54) is 18.1 Å². The zero-order valence-corrected chi connectivity index (χ0v) is 17.3. The van der Waals surface area contributed by atoms with Gasteiger partial charge in [-0.25, -0.2) is 4.79 Å². The first-order valence-corrected chi connectivity index (χ1v) is 9.34. The topological polar surface area (TPSA) is 74.3 Å². The first-order valence-electron chi connectivity index (χ1n) is 9.34. The molecule has 7 heteroatoms. The van der Waals surface area contributed by atoms with Crippen LogP contribution in [0.2, 0.25) is 0 Å². The summed E-state index contributed by atoms with van der Waals surface area (Å²) < 4.78 is 21.3. The van der Waals surface area contributed by atoms with Gasteiger partial charge in [0.2, 0.25) is 0 Å². The molecule has 0 fully saturated rings. The molecule has 2 rings (SSSR count). The molecule has 0 bridgehead atoms. The average molecular weight is 401 g/mol. The fourth-order valence-corrected chi connectivity index (χ4v) is 2.62. The summed E-state index contributed by atoms with van der Waals surface area (Å²) in [4.78, 5) is 26.1. The molecule has 0 atom stereocenters. The normalized spacial score (nSPS) is 10.2. The first kappa shape index (κ1) is 22.1. The van der Waals surface area contributed by atoms with Crippen LogP contribution < -0.4 is 14.2 Å². The first-order chi connectivity index (χ1) is 14.0.